The summed E-state index contributed by atoms with van der Waals surface area (Å²) in [4.78, 5) is 28.3. The van der Waals surface area contributed by atoms with Gasteiger partial charge in [-0.2, -0.15) is 0 Å². The van der Waals surface area contributed by atoms with Gasteiger partial charge in [-0.3, -0.25) is 10.1 Å². The molecule has 1 aliphatic heterocycles. The molecule has 2 heterocycles. The number of carbonyl (C=O) groups is 1. The van der Waals surface area contributed by atoms with Gasteiger partial charge in [-0.05, 0) is 49.2 Å². The minimum absolute atomic E-state index is 0.0593. The third-order valence-electron chi connectivity index (χ3n) is 4.61. The number of rotatable bonds is 3. The highest BCUT2D eigenvalue weighted by atomic mass is 79.9. The Morgan fingerprint density at radius 1 is 1.43 bits per heavy atom. The lowest BCUT2D eigenvalue weighted by Gasteiger charge is -2.36. The summed E-state index contributed by atoms with van der Waals surface area (Å²) in [5.41, 5.74) is -0.783. The van der Waals surface area contributed by atoms with Crippen LogP contribution in [0.2, 0.25) is 0 Å². The van der Waals surface area contributed by atoms with Crippen LogP contribution in [0.4, 0.5) is 25.0 Å². The number of ether oxygens (including phenoxy) is 1. The number of pyridine rings is 1. The molecule has 1 amide bonds. The van der Waals surface area contributed by atoms with E-state index in [9.17, 15) is 23.7 Å². The molecule has 162 valence electrons. The van der Waals surface area contributed by atoms with Crippen molar-refractivity contribution in [1.29, 1.82) is 0 Å². The topological polar surface area (TPSA) is 97.6 Å². The van der Waals surface area contributed by atoms with Gasteiger partial charge in [-0.15, -0.1) is 0 Å². The molecule has 3 rings (SSSR count). The van der Waals surface area contributed by atoms with Crippen molar-refractivity contribution in [2.24, 2.45) is 0 Å². The Balaban J connectivity index is 1.86. The Kier molecular flexibility index (Phi) is 6.11. The Labute approximate surface area is 179 Å². The average Bonchev–Trinajstić information content (AvgIpc) is 2.63. The van der Waals surface area contributed by atoms with E-state index in [2.05, 4.69) is 26.2 Å². The summed E-state index contributed by atoms with van der Waals surface area (Å²) in [6.45, 7) is 5.19. The van der Waals surface area contributed by atoms with Crippen molar-refractivity contribution in [2.75, 3.05) is 18.4 Å². The maximum atomic E-state index is 14.9. The smallest absolute Gasteiger partial charge is 0.410 e. The summed E-state index contributed by atoms with van der Waals surface area (Å²) in [5, 5.41) is 14.7. The third-order valence-corrected chi connectivity index (χ3v) is 5.22. The van der Waals surface area contributed by atoms with Gasteiger partial charge in [0.15, 0.2) is 0 Å². The van der Waals surface area contributed by atoms with Crippen LogP contribution in [0.1, 0.15) is 27.2 Å². The zero-order chi connectivity index (χ0) is 22.2. The molecule has 0 saturated carbocycles. The standard InChI is InChI=1S/C19H21BrF2N4O4/c1-19(2,3)30-18(27)25-5-4-14(13(22)9-25)24-17-10-6-11(20)12(21)7-15(10)23-8-16(17)26(28)29/h6-8,13-14H,4-5,9H2,1-3H3,(H,23,24). The summed E-state index contributed by atoms with van der Waals surface area (Å²) in [6, 6.07) is 1.74. The first kappa shape index (κ1) is 22.1. The van der Waals surface area contributed by atoms with Gasteiger partial charge < -0.3 is 15.0 Å². The number of hydrogen-bond acceptors (Lipinski definition) is 6. The van der Waals surface area contributed by atoms with Crippen LogP contribution in [0.5, 0.6) is 0 Å². The molecule has 1 saturated heterocycles. The number of benzene rings is 1. The zero-order valence-corrected chi connectivity index (χ0v) is 18.2. The van der Waals surface area contributed by atoms with Crippen molar-refractivity contribution in [2.45, 2.75) is 45.0 Å². The van der Waals surface area contributed by atoms with Gasteiger partial charge in [0.25, 0.3) is 0 Å². The van der Waals surface area contributed by atoms with Crippen LogP contribution in [-0.4, -0.2) is 51.8 Å². The zero-order valence-electron chi connectivity index (χ0n) is 16.6. The van der Waals surface area contributed by atoms with Crippen molar-refractivity contribution in [3.8, 4) is 0 Å². The van der Waals surface area contributed by atoms with Gasteiger partial charge >= 0.3 is 11.8 Å². The molecule has 1 aliphatic rings. The van der Waals surface area contributed by atoms with Crippen LogP contribution in [0.3, 0.4) is 0 Å². The van der Waals surface area contributed by atoms with Crippen molar-refractivity contribution in [3.63, 3.8) is 0 Å². The third kappa shape index (κ3) is 4.77. The summed E-state index contributed by atoms with van der Waals surface area (Å²) >= 11 is 3.06. The molecule has 0 bridgehead atoms. The number of nitro groups is 1. The van der Waals surface area contributed by atoms with Crippen LogP contribution < -0.4 is 5.32 Å². The minimum atomic E-state index is -1.49. The highest BCUT2D eigenvalue weighted by Crippen LogP contribution is 2.36. The van der Waals surface area contributed by atoms with E-state index >= 15 is 0 Å². The number of halogens is 3. The summed E-state index contributed by atoms with van der Waals surface area (Å²) < 4.78 is 34.1. The number of nitrogens with zero attached hydrogens (tertiary/aromatic N) is 3. The second kappa shape index (κ2) is 8.29. The van der Waals surface area contributed by atoms with Gasteiger partial charge in [0.1, 0.15) is 29.5 Å². The molecule has 1 fully saturated rings. The van der Waals surface area contributed by atoms with Crippen LogP contribution in [0.25, 0.3) is 10.9 Å². The fourth-order valence-electron chi connectivity index (χ4n) is 3.21. The predicted octanol–water partition coefficient (Wildman–Crippen LogP) is 4.80. The Bertz CT molecular complexity index is 999. The van der Waals surface area contributed by atoms with Crippen LogP contribution >= 0.6 is 15.9 Å². The molecule has 0 aliphatic carbocycles. The normalized spacial score (nSPS) is 19.6. The number of piperidine rings is 1. The molecule has 2 aromatic rings. The molecular weight excluding hydrogens is 466 g/mol. The van der Waals surface area contributed by atoms with Crippen molar-refractivity contribution >= 4 is 44.3 Å². The highest BCUT2D eigenvalue weighted by Gasteiger charge is 2.35. The molecule has 30 heavy (non-hydrogen) atoms. The van der Waals surface area contributed by atoms with E-state index < -0.39 is 34.6 Å². The predicted molar refractivity (Wildman–Crippen MR) is 111 cm³/mol. The molecule has 1 N–H and O–H groups in total. The van der Waals surface area contributed by atoms with E-state index in [0.29, 0.717) is 5.39 Å². The van der Waals surface area contributed by atoms with E-state index in [1.165, 1.54) is 11.0 Å². The number of carbonyl (C=O) groups excluding carboxylic acids is 1. The van der Waals surface area contributed by atoms with Gasteiger partial charge in [0, 0.05) is 18.0 Å². The highest BCUT2D eigenvalue weighted by molar-refractivity contribution is 9.10. The maximum absolute atomic E-state index is 14.9. The van der Waals surface area contributed by atoms with Gasteiger partial charge in [0.05, 0.1) is 27.5 Å². The van der Waals surface area contributed by atoms with Crippen LogP contribution in [0, 0.1) is 15.9 Å². The number of likely N-dealkylation sites (tertiary alicyclic amines) is 1. The van der Waals surface area contributed by atoms with Crippen LogP contribution in [-0.2, 0) is 4.74 Å². The lowest BCUT2D eigenvalue weighted by Crippen LogP contribution is -2.51. The largest absolute Gasteiger partial charge is 0.444 e. The second-order valence-corrected chi connectivity index (χ2v) is 8.90. The maximum Gasteiger partial charge on any atom is 0.410 e. The summed E-state index contributed by atoms with van der Waals surface area (Å²) in [7, 11) is 0. The van der Waals surface area contributed by atoms with Crippen molar-refractivity contribution in [1.82, 2.24) is 9.88 Å². The number of amides is 1. The van der Waals surface area contributed by atoms with E-state index in [4.69, 9.17) is 4.74 Å². The molecular formula is C19H21BrF2N4O4. The SMILES string of the molecule is CC(C)(C)OC(=O)N1CCC(Nc2c([N+](=O)[O-])cnc3cc(F)c(Br)cc23)C(F)C1. The fraction of sp³-hybridized carbons (Fsp3) is 0.474. The quantitative estimate of drug-likeness (QED) is 0.493. The Morgan fingerprint density at radius 3 is 2.73 bits per heavy atom. The minimum Gasteiger partial charge on any atom is -0.444 e. The average molecular weight is 487 g/mol. The first-order chi connectivity index (χ1) is 14.0. The molecule has 11 heteroatoms. The molecule has 2 atom stereocenters. The molecule has 0 spiro atoms. The number of nitrogens with one attached hydrogen (secondary N) is 1. The van der Waals surface area contributed by atoms with Crippen LogP contribution in [0.15, 0.2) is 22.8 Å². The second-order valence-electron chi connectivity index (χ2n) is 8.04. The van der Waals surface area contributed by atoms with E-state index in [-0.39, 0.29) is 40.9 Å². The number of anilines is 1. The van der Waals surface area contributed by atoms with Crippen molar-refractivity contribution in [3.05, 3.63) is 38.7 Å². The molecule has 2 unspecified atom stereocenters. The fourth-order valence-corrected chi connectivity index (χ4v) is 3.56. The summed E-state index contributed by atoms with van der Waals surface area (Å²) in [6.07, 6.45) is -0.869. The van der Waals surface area contributed by atoms with E-state index in [1.54, 1.807) is 20.8 Å². The molecule has 8 nitrogen and oxygen atoms in total. The van der Waals surface area contributed by atoms with Crippen molar-refractivity contribution < 1.29 is 23.2 Å². The first-order valence-electron chi connectivity index (χ1n) is 9.27. The number of fused-ring (bicyclic) bond motifs is 1. The van der Waals surface area contributed by atoms with Gasteiger partial charge in [-0.25, -0.2) is 18.6 Å². The van der Waals surface area contributed by atoms with E-state index in [1.807, 2.05) is 0 Å². The Hall–Kier alpha value is -2.56. The molecule has 1 aromatic heterocycles. The number of aromatic nitrogens is 1. The number of hydrogen-bond donors (Lipinski definition) is 1. The Morgan fingerprint density at radius 2 is 2.13 bits per heavy atom. The monoisotopic (exact) mass is 486 g/mol. The first-order valence-corrected chi connectivity index (χ1v) is 10.1. The van der Waals surface area contributed by atoms with Gasteiger partial charge in [0.2, 0.25) is 0 Å². The lowest BCUT2D eigenvalue weighted by atomic mass is 10.0. The molecule has 0 radical (unpaired) electrons. The number of alkyl halides is 1. The van der Waals surface area contributed by atoms with E-state index in [0.717, 1.165) is 12.3 Å². The lowest BCUT2D eigenvalue weighted by molar-refractivity contribution is -0.384. The molecule has 1 aromatic carbocycles. The summed E-state index contributed by atoms with van der Waals surface area (Å²) in [5.74, 6) is -0.566. The van der Waals surface area contributed by atoms with Gasteiger partial charge in [-0.1, -0.05) is 0 Å².